The molecule has 0 spiro atoms. The van der Waals surface area contributed by atoms with Crippen LogP contribution in [0.4, 0.5) is 0 Å². The first-order valence-electron chi connectivity index (χ1n) is 6.19. The first-order valence-corrected chi connectivity index (χ1v) is 7.63. The van der Waals surface area contributed by atoms with E-state index in [9.17, 15) is 13.2 Å². The Bertz CT molecular complexity index is 413. The summed E-state index contributed by atoms with van der Waals surface area (Å²) < 4.78 is 28.7. The molecule has 0 aromatic heterocycles. The summed E-state index contributed by atoms with van der Waals surface area (Å²) in [5.41, 5.74) is 2.18. The first-order chi connectivity index (χ1) is 8.69. The van der Waals surface area contributed by atoms with Gasteiger partial charge < -0.3 is 4.74 Å². The van der Waals surface area contributed by atoms with Gasteiger partial charge in [-0.05, 0) is 26.7 Å². The summed E-state index contributed by atoms with van der Waals surface area (Å²) >= 11 is 0. The fourth-order valence-electron chi connectivity index (χ4n) is 1.62. The molecule has 1 unspecified atom stereocenters. The minimum atomic E-state index is -3.73. The molecule has 1 saturated heterocycles. The summed E-state index contributed by atoms with van der Waals surface area (Å²) in [4.78, 5) is 17.1. The van der Waals surface area contributed by atoms with Crippen LogP contribution in [0, 0.1) is 0 Å². The van der Waals surface area contributed by atoms with Crippen molar-refractivity contribution in [3.8, 4) is 0 Å². The maximum absolute atomic E-state index is 12.0. The fourth-order valence-corrected chi connectivity index (χ4v) is 2.81. The van der Waals surface area contributed by atoms with Gasteiger partial charge in [-0.3, -0.25) is 4.79 Å². The van der Waals surface area contributed by atoms with Gasteiger partial charge in [-0.2, -0.15) is 0 Å². The highest BCUT2D eigenvalue weighted by Gasteiger charge is 2.43. The van der Waals surface area contributed by atoms with E-state index in [2.05, 4.69) is 5.48 Å². The standard InChI is InChI=1S/C11H22N2O5S/c1-11(2,19(15,16)13(3)4)10(14)12-18-9-7-5-6-8-17-9/h9H,5-8H2,1-4H3,(H,12,14). The molecule has 1 amide bonds. The van der Waals surface area contributed by atoms with E-state index < -0.39 is 27.0 Å². The predicted molar refractivity (Wildman–Crippen MR) is 69.5 cm³/mol. The lowest BCUT2D eigenvalue weighted by Gasteiger charge is -2.28. The molecule has 1 heterocycles. The minimum Gasteiger partial charge on any atom is -0.350 e. The van der Waals surface area contributed by atoms with Crippen molar-refractivity contribution >= 4 is 15.9 Å². The molecule has 1 fully saturated rings. The summed E-state index contributed by atoms with van der Waals surface area (Å²) in [6.07, 6.45) is 2.10. The molecule has 0 radical (unpaired) electrons. The van der Waals surface area contributed by atoms with E-state index in [1.54, 1.807) is 0 Å². The average molecular weight is 294 g/mol. The highest BCUT2D eigenvalue weighted by molar-refractivity contribution is 7.91. The van der Waals surface area contributed by atoms with E-state index in [-0.39, 0.29) is 0 Å². The van der Waals surface area contributed by atoms with Gasteiger partial charge in [0, 0.05) is 27.1 Å². The van der Waals surface area contributed by atoms with Crippen LogP contribution in [0.2, 0.25) is 0 Å². The van der Waals surface area contributed by atoms with Crippen molar-refractivity contribution in [2.45, 2.75) is 44.1 Å². The molecule has 19 heavy (non-hydrogen) atoms. The number of carbonyl (C=O) groups excluding carboxylic acids is 1. The summed E-state index contributed by atoms with van der Waals surface area (Å²) in [6, 6.07) is 0. The third-order valence-electron chi connectivity index (χ3n) is 3.09. The SMILES string of the molecule is CN(C)S(=O)(=O)C(C)(C)C(=O)NOC1CCCCO1. The molecule has 0 aromatic rings. The van der Waals surface area contributed by atoms with Gasteiger partial charge in [0.25, 0.3) is 5.91 Å². The zero-order valence-corrected chi connectivity index (χ0v) is 12.6. The van der Waals surface area contributed by atoms with E-state index >= 15 is 0 Å². The lowest BCUT2D eigenvalue weighted by Crippen LogP contribution is -2.53. The molecule has 1 aliphatic heterocycles. The minimum absolute atomic E-state index is 0.504. The molecule has 7 nitrogen and oxygen atoms in total. The van der Waals surface area contributed by atoms with Crippen LogP contribution in [0.3, 0.4) is 0 Å². The van der Waals surface area contributed by atoms with E-state index in [0.717, 1.165) is 17.1 Å². The Labute approximate surface area is 114 Å². The van der Waals surface area contributed by atoms with E-state index in [1.165, 1.54) is 27.9 Å². The second kappa shape index (κ2) is 6.17. The van der Waals surface area contributed by atoms with Gasteiger partial charge in [-0.15, -0.1) is 0 Å². The third kappa shape index (κ3) is 3.65. The van der Waals surface area contributed by atoms with Gasteiger partial charge in [0.05, 0.1) is 0 Å². The van der Waals surface area contributed by atoms with Crippen molar-refractivity contribution in [1.29, 1.82) is 0 Å². The molecule has 1 rings (SSSR count). The van der Waals surface area contributed by atoms with Crippen molar-refractivity contribution in [2.24, 2.45) is 0 Å². The number of hydrogen-bond donors (Lipinski definition) is 1. The molecule has 8 heteroatoms. The molecule has 1 N–H and O–H groups in total. The second-order valence-electron chi connectivity index (χ2n) is 5.14. The Balaban J connectivity index is 2.61. The number of hydrogen-bond acceptors (Lipinski definition) is 5. The summed E-state index contributed by atoms with van der Waals surface area (Å²) in [5.74, 6) is -0.713. The van der Waals surface area contributed by atoms with Crippen LogP contribution in [-0.2, 0) is 24.4 Å². The Morgan fingerprint density at radius 1 is 1.37 bits per heavy atom. The number of rotatable bonds is 5. The van der Waals surface area contributed by atoms with Crippen LogP contribution < -0.4 is 5.48 Å². The topological polar surface area (TPSA) is 84.9 Å². The summed E-state index contributed by atoms with van der Waals surface area (Å²) in [5, 5.41) is 0. The summed E-state index contributed by atoms with van der Waals surface area (Å²) in [7, 11) is -0.959. The largest absolute Gasteiger partial charge is 0.350 e. The summed E-state index contributed by atoms with van der Waals surface area (Å²) in [6.45, 7) is 3.26. The third-order valence-corrected chi connectivity index (χ3v) is 5.53. The molecular formula is C11H22N2O5S. The maximum Gasteiger partial charge on any atom is 0.265 e. The van der Waals surface area contributed by atoms with Gasteiger partial charge in [0.2, 0.25) is 10.0 Å². The van der Waals surface area contributed by atoms with Crippen LogP contribution >= 0.6 is 0 Å². The van der Waals surface area contributed by atoms with Crippen molar-refractivity contribution in [3.05, 3.63) is 0 Å². The molecule has 0 bridgehead atoms. The Kier molecular flexibility index (Phi) is 5.31. The lowest BCUT2D eigenvalue weighted by atomic mass is 10.2. The van der Waals surface area contributed by atoms with Crippen molar-refractivity contribution < 1.29 is 22.8 Å². The van der Waals surface area contributed by atoms with Gasteiger partial charge in [0.1, 0.15) is 0 Å². The average Bonchev–Trinajstić information content (AvgIpc) is 2.36. The van der Waals surface area contributed by atoms with Gasteiger partial charge >= 0.3 is 0 Å². The normalized spacial score (nSPS) is 21.4. The first kappa shape index (κ1) is 16.4. The number of sulfonamides is 1. The number of amides is 1. The molecular weight excluding hydrogens is 272 g/mol. The number of nitrogens with zero attached hydrogens (tertiary/aromatic N) is 1. The highest BCUT2D eigenvalue weighted by atomic mass is 32.2. The van der Waals surface area contributed by atoms with Crippen LogP contribution in [0.5, 0.6) is 0 Å². The Morgan fingerprint density at radius 2 is 2.00 bits per heavy atom. The molecule has 112 valence electrons. The number of carbonyl (C=O) groups is 1. The van der Waals surface area contributed by atoms with Crippen molar-refractivity contribution in [3.63, 3.8) is 0 Å². The number of ether oxygens (including phenoxy) is 1. The maximum atomic E-state index is 12.0. The van der Waals surface area contributed by atoms with E-state index in [4.69, 9.17) is 9.57 Å². The zero-order valence-electron chi connectivity index (χ0n) is 11.8. The quantitative estimate of drug-likeness (QED) is 0.734. The van der Waals surface area contributed by atoms with Crippen LogP contribution in [0.15, 0.2) is 0 Å². The Hall–Kier alpha value is -0.700. The lowest BCUT2D eigenvalue weighted by molar-refractivity contribution is -0.201. The van der Waals surface area contributed by atoms with E-state index in [0.29, 0.717) is 13.0 Å². The highest BCUT2D eigenvalue weighted by Crippen LogP contribution is 2.20. The molecule has 0 aromatic carbocycles. The van der Waals surface area contributed by atoms with Crippen molar-refractivity contribution in [1.82, 2.24) is 9.79 Å². The molecule has 1 aliphatic rings. The van der Waals surface area contributed by atoms with Gasteiger partial charge in [0.15, 0.2) is 11.0 Å². The van der Waals surface area contributed by atoms with Crippen LogP contribution in [-0.4, -0.2) is 50.4 Å². The Morgan fingerprint density at radius 3 is 2.47 bits per heavy atom. The van der Waals surface area contributed by atoms with Gasteiger partial charge in [-0.25, -0.2) is 23.0 Å². The zero-order chi connectivity index (χ0) is 14.7. The molecule has 0 aliphatic carbocycles. The van der Waals surface area contributed by atoms with Crippen LogP contribution in [0.1, 0.15) is 33.1 Å². The monoisotopic (exact) mass is 294 g/mol. The van der Waals surface area contributed by atoms with Crippen LogP contribution in [0.25, 0.3) is 0 Å². The smallest absolute Gasteiger partial charge is 0.265 e. The second-order valence-corrected chi connectivity index (χ2v) is 7.84. The number of hydroxylamine groups is 1. The predicted octanol–water partition coefficient (Wildman–Crippen LogP) is 0.231. The van der Waals surface area contributed by atoms with Crippen molar-refractivity contribution in [2.75, 3.05) is 20.7 Å². The number of nitrogens with one attached hydrogen (secondary N) is 1. The molecule has 1 atom stereocenters. The fraction of sp³-hybridized carbons (Fsp3) is 0.909. The van der Waals surface area contributed by atoms with E-state index in [1.807, 2.05) is 0 Å². The van der Waals surface area contributed by atoms with Gasteiger partial charge in [-0.1, -0.05) is 0 Å². The molecule has 0 saturated carbocycles.